The quantitative estimate of drug-likeness (QED) is 0.520. The van der Waals surface area contributed by atoms with Crippen LogP contribution in [0.25, 0.3) is 0 Å². The van der Waals surface area contributed by atoms with Crippen molar-refractivity contribution >= 4 is 5.71 Å². The van der Waals surface area contributed by atoms with Crippen LogP contribution in [0.2, 0.25) is 0 Å². The fourth-order valence-electron chi connectivity index (χ4n) is 1.31. The SMILES string of the molecule is CO/N=C(\c1ccccc1)C(C)(C)C. The van der Waals surface area contributed by atoms with Gasteiger partial charge in [0.2, 0.25) is 0 Å². The van der Waals surface area contributed by atoms with E-state index in [9.17, 15) is 0 Å². The third-order valence-corrected chi connectivity index (χ3v) is 1.94. The number of oxime groups is 1. The monoisotopic (exact) mass is 191 g/mol. The molecule has 0 heterocycles. The molecule has 1 aromatic carbocycles. The summed E-state index contributed by atoms with van der Waals surface area (Å²) in [7, 11) is 1.58. The first kappa shape index (κ1) is 10.8. The molecule has 0 N–H and O–H groups in total. The maximum atomic E-state index is 4.87. The van der Waals surface area contributed by atoms with Gasteiger partial charge in [0.25, 0.3) is 0 Å². The van der Waals surface area contributed by atoms with Gasteiger partial charge in [-0.25, -0.2) is 0 Å². The number of nitrogens with zero attached hydrogens (tertiary/aromatic N) is 1. The smallest absolute Gasteiger partial charge is 0.106 e. The van der Waals surface area contributed by atoms with E-state index in [2.05, 4.69) is 25.9 Å². The molecule has 0 saturated heterocycles. The lowest BCUT2D eigenvalue weighted by atomic mass is 9.86. The zero-order valence-electron chi connectivity index (χ0n) is 9.24. The maximum Gasteiger partial charge on any atom is 0.106 e. The highest BCUT2D eigenvalue weighted by Gasteiger charge is 2.21. The Hall–Kier alpha value is -1.31. The Morgan fingerprint density at radius 3 is 2.14 bits per heavy atom. The number of rotatable bonds is 2. The normalized spacial score (nSPS) is 12.7. The summed E-state index contributed by atoms with van der Waals surface area (Å²) in [6.07, 6.45) is 0. The van der Waals surface area contributed by atoms with Gasteiger partial charge in [-0.05, 0) is 5.56 Å². The first-order valence-corrected chi connectivity index (χ1v) is 4.73. The third kappa shape index (κ3) is 2.59. The fraction of sp³-hybridized carbons (Fsp3) is 0.417. The molecule has 0 amide bonds. The van der Waals surface area contributed by atoms with Gasteiger partial charge in [-0.15, -0.1) is 0 Å². The minimum atomic E-state index is -0.00262. The van der Waals surface area contributed by atoms with Gasteiger partial charge in [0.05, 0.1) is 5.71 Å². The Morgan fingerprint density at radius 1 is 1.14 bits per heavy atom. The molecule has 2 nitrogen and oxygen atoms in total. The summed E-state index contributed by atoms with van der Waals surface area (Å²) in [6, 6.07) is 10.1. The van der Waals surface area contributed by atoms with Crippen LogP contribution in [-0.4, -0.2) is 12.8 Å². The van der Waals surface area contributed by atoms with Crippen LogP contribution in [-0.2, 0) is 4.84 Å². The predicted octanol–water partition coefficient (Wildman–Crippen LogP) is 3.08. The second-order valence-corrected chi connectivity index (χ2v) is 4.24. The molecule has 0 spiro atoms. The van der Waals surface area contributed by atoms with Gasteiger partial charge in [0.1, 0.15) is 7.11 Å². The first-order valence-electron chi connectivity index (χ1n) is 4.73. The van der Waals surface area contributed by atoms with Gasteiger partial charge in [-0.2, -0.15) is 0 Å². The minimum Gasteiger partial charge on any atom is -0.399 e. The Bertz CT molecular complexity index is 309. The van der Waals surface area contributed by atoms with Crippen LogP contribution in [0, 0.1) is 5.41 Å². The zero-order valence-corrected chi connectivity index (χ0v) is 9.24. The van der Waals surface area contributed by atoms with E-state index in [0.29, 0.717) is 0 Å². The molecule has 76 valence electrons. The average molecular weight is 191 g/mol. The lowest BCUT2D eigenvalue weighted by Gasteiger charge is -2.20. The van der Waals surface area contributed by atoms with Crippen LogP contribution >= 0.6 is 0 Å². The fourth-order valence-corrected chi connectivity index (χ4v) is 1.31. The molecule has 0 aliphatic rings. The molecular weight excluding hydrogens is 174 g/mol. The Labute approximate surface area is 85.6 Å². The molecule has 1 aromatic rings. The van der Waals surface area contributed by atoms with E-state index in [1.165, 1.54) is 0 Å². The molecule has 0 saturated carbocycles. The molecule has 14 heavy (non-hydrogen) atoms. The zero-order chi connectivity index (χ0) is 10.6. The van der Waals surface area contributed by atoms with Crippen LogP contribution in [0.3, 0.4) is 0 Å². The van der Waals surface area contributed by atoms with Crippen molar-refractivity contribution in [2.45, 2.75) is 20.8 Å². The summed E-state index contributed by atoms with van der Waals surface area (Å²) in [5.41, 5.74) is 2.08. The van der Waals surface area contributed by atoms with E-state index in [-0.39, 0.29) is 5.41 Å². The van der Waals surface area contributed by atoms with E-state index < -0.39 is 0 Å². The maximum absolute atomic E-state index is 4.87. The van der Waals surface area contributed by atoms with E-state index >= 15 is 0 Å². The summed E-state index contributed by atoms with van der Waals surface area (Å²) < 4.78 is 0. The van der Waals surface area contributed by atoms with Crippen LogP contribution in [0.1, 0.15) is 26.3 Å². The van der Waals surface area contributed by atoms with Gasteiger partial charge in [0, 0.05) is 5.41 Å². The Balaban J connectivity index is 3.09. The number of hydrogen-bond acceptors (Lipinski definition) is 2. The lowest BCUT2D eigenvalue weighted by Crippen LogP contribution is -2.21. The minimum absolute atomic E-state index is 0.00262. The molecule has 0 bridgehead atoms. The van der Waals surface area contributed by atoms with Crippen LogP contribution in [0.5, 0.6) is 0 Å². The summed E-state index contributed by atoms with van der Waals surface area (Å²) in [5.74, 6) is 0. The number of hydrogen-bond donors (Lipinski definition) is 0. The highest BCUT2D eigenvalue weighted by molar-refractivity contribution is 6.03. The molecule has 0 radical (unpaired) electrons. The summed E-state index contributed by atoms with van der Waals surface area (Å²) >= 11 is 0. The van der Waals surface area contributed by atoms with Gasteiger partial charge >= 0.3 is 0 Å². The highest BCUT2D eigenvalue weighted by Crippen LogP contribution is 2.21. The van der Waals surface area contributed by atoms with Crippen LogP contribution in [0.4, 0.5) is 0 Å². The topological polar surface area (TPSA) is 21.6 Å². The van der Waals surface area contributed by atoms with E-state index in [4.69, 9.17) is 4.84 Å². The van der Waals surface area contributed by atoms with Crippen molar-refractivity contribution in [1.29, 1.82) is 0 Å². The Morgan fingerprint density at radius 2 is 1.71 bits per heavy atom. The molecule has 0 fully saturated rings. The van der Waals surface area contributed by atoms with Crippen molar-refractivity contribution in [2.24, 2.45) is 10.6 Å². The lowest BCUT2D eigenvalue weighted by molar-refractivity contribution is 0.209. The van der Waals surface area contributed by atoms with Crippen LogP contribution in [0.15, 0.2) is 35.5 Å². The van der Waals surface area contributed by atoms with Crippen molar-refractivity contribution < 1.29 is 4.84 Å². The third-order valence-electron chi connectivity index (χ3n) is 1.94. The molecule has 1 rings (SSSR count). The Kier molecular flexibility index (Phi) is 3.28. The standard InChI is InChI=1S/C12H17NO/c1-12(2,3)11(13-14-4)10-8-6-5-7-9-10/h5-9H,1-4H3/b13-11+. The largest absolute Gasteiger partial charge is 0.399 e. The highest BCUT2D eigenvalue weighted by atomic mass is 16.6. The molecule has 2 heteroatoms. The molecule has 0 aliphatic heterocycles. The van der Waals surface area contributed by atoms with Crippen molar-refractivity contribution in [3.63, 3.8) is 0 Å². The van der Waals surface area contributed by atoms with E-state index in [1.54, 1.807) is 7.11 Å². The van der Waals surface area contributed by atoms with Crippen molar-refractivity contribution in [3.05, 3.63) is 35.9 Å². The molecular formula is C12H17NO. The molecule has 0 aliphatic carbocycles. The van der Waals surface area contributed by atoms with Crippen molar-refractivity contribution in [3.8, 4) is 0 Å². The van der Waals surface area contributed by atoms with Crippen molar-refractivity contribution in [1.82, 2.24) is 0 Å². The average Bonchev–Trinajstić information content (AvgIpc) is 2.14. The second-order valence-electron chi connectivity index (χ2n) is 4.24. The molecule has 0 aromatic heterocycles. The van der Waals surface area contributed by atoms with Gasteiger partial charge in [-0.3, -0.25) is 0 Å². The summed E-state index contributed by atoms with van der Waals surface area (Å²) in [5, 5.41) is 4.08. The summed E-state index contributed by atoms with van der Waals surface area (Å²) in [6.45, 7) is 6.37. The first-order chi connectivity index (χ1) is 6.55. The predicted molar refractivity (Wildman–Crippen MR) is 59.4 cm³/mol. The van der Waals surface area contributed by atoms with Crippen LogP contribution < -0.4 is 0 Å². The van der Waals surface area contributed by atoms with Crippen molar-refractivity contribution in [2.75, 3.05) is 7.11 Å². The second kappa shape index (κ2) is 4.27. The molecule has 0 atom stereocenters. The van der Waals surface area contributed by atoms with Gasteiger partial charge < -0.3 is 4.84 Å². The van der Waals surface area contributed by atoms with E-state index in [1.807, 2.05) is 30.3 Å². The summed E-state index contributed by atoms with van der Waals surface area (Å²) in [4.78, 5) is 4.87. The number of benzene rings is 1. The van der Waals surface area contributed by atoms with Gasteiger partial charge in [-0.1, -0.05) is 56.3 Å². The van der Waals surface area contributed by atoms with E-state index in [0.717, 1.165) is 11.3 Å². The molecule has 0 unspecified atom stereocenters. The van der Waals surface area contributed by atoms with Gasteiger partial charge in [0.15, 0.2) is 0 Å².